The average molecular weight is 316 g/mol. The molecule has 3 rings (SSSR count). The summed E-state index contributed by atoms with van der Waals surface area (Å²) in [7, 11) is 0. The van der Waals surface area contributed by atoms with E-state index in [2.05, 4.69) is 0 Å². The zero-order valence-electron chi connectivity index (χ0n) is 13.6. The minimum absolute atomic E-state index is 0.247. The maximum atomic E-state index is 13.1. The van der Waals surface area contributed by atoms with Gasteiger partial charge in [-0.3, -0.25) is 4.79 Å². The van der Waals surface area contributed by atoms with Crippen molar-refractivity contribution in [2.45, 2.75) is 18.9 Å². The number of hydrogen-bond acceptors (Lipinski definition) is 2. The van der Waals surface area contributed by atoms with Crippen molar-refractivity contribution in [3.05, 3.63) is 107 Å². The normalized spacial score (nSPS) is 13.2. The highest BCUT2D eigenvalue weighted by molar-refractivity contribution is 6.03. The Kier molecular flexibility index (Phi) is 4.59. The van der Waals surface area contributed by atoms with Crippen molar-refractivity contribution in [1.82, 2.24) is 0 Å². The Morgan fingerprint density at radius 2 is 1.38 bits per heavy atom. The van der Waals surface area contributed by atoms with Gasteiger partial charge in [0.2, 0.25) is 0 Å². The van der Waals surface area contributed by atoms with Crippen LogP contribution < -0.4 is 0 Å². The van der Waals surface area contributed by atoms with Gasteiger partial charge in [-0.05, 0) is 23.6 Å². The number of Topliss-reactive ketones (excluding diaryl/α,β-unsaturated/α-hetero) is 1. The van der Waals surface area contributed by atoms with Gasteiger partial charge >= 0.3 is 0 Å². The molecule has 0 spiro atoms. The Labute approximate surface area is 142 Å². The summed E-state index contributed by atoms with van der Waals surface area (Å²) in [6, 6.07) is 26.0. The van der Waals surface area contributed by atoms with E-state index < -0.39 is 5.60 Å². The summed E-state index contributed by atoms with van der Waals surface area (Å²) >= 11 is 0. The molecule has 0 aliphatic heterocycles. The van der Waals surface area contributed by atoms with Crippen LogP contribution in [0.4, 0.5) is 0 Å². The molecule has 3 aromatic carbocycles. The van der Waals surface area contributed by atoms with E-state index in [0.29, 0.717) is 11.1 Å². The van der Waals surface area contributed by atoms with E-state index >= 15 is 0 Å². The molecule has 3 aromatic rings. The number of aliphatic hydroxyl groups is 1. The van der Waals surface area contributed by atoms with Gasteiger partial charge in [-0.1, -0.05) is 84.9 Å². The number of ketones is 1. The van der Waals surface area contributed by atoms with Gasteiger partial charge in [0.1, 0.15) is 0 Å². The average Bonchev–Trinajstić information content (AvgIpc) is 2.64. The highest BCUT2D eigenvalue weighted by Gasteiger charge is 2.38. The first-order chi connectivity index (χ1) is 11.6. The lowest BCUT2D eigenvalue weighted by molar-refractivity contribution is 0.0298. The van der Waals surface area contributed by atoms with Crippen LogP contribution in [-0.4, -0.2) is 10.9 Å². The minimum atomic E-state index is -1.59. The van der Waals surface area contributed by atoms with Crippen molar-refractivity contribution in [3.8, 4) is 0 Å². The van der Waals surface area contributed by atoms with E-state index in [0.717, 1.165) is 11.1 Å². The predicted octanol–water partition coefficient (Wildman–Crippen LogP) is 4.31. The third-order valence-corrected chi connectivity index (χ3v) is 4.37. The Bertz CT molecular complexity index is 825. The number of carbonyl (C=O) groups is 1. The lowest BCUT2D eigenvalue weighted by atomic mass is 9.80. The van der Waals surface area contributed by atoms with Crippen LogP contribution in [0.25, 0.3) is 0 Å². The van der Waals surface area contributed by atoms with Gasteiger partial charge in [-0.25, -0.2) is 0 Å². The summed E-state index contributed by atoms with van der Waals surface area (Å²) in [5.41, 5.74) is 1.56. The molecule has 120 valence electrons. The summed E-state index contributed by atoms with van der Waals surface area (Å²) in [4.78, 5) is 13.1. The molecule has 24 heavy (non-hydrogen) atoms. The van der Waals surface area contributed by atoms with Crippen LogP contribution in [0.1, 0.15) is 27.0 Å². The Balaban J connectivity index is 2.08. The summed E-state index contributed by atoms with van der Waals surface area (Å²) in [6.45, 7) is 1.99. The topological polar surface area (TPSA) is 37.3 Å². The fourth-order valence-corrected chi connectivity index (χ4v) is 2.94. The summed E-state index contributed by atoms with van der Waals surface area (Å²) in [5.74, 6) is -0.280. The Morgan fingerprint density at radius 1 is 0.833 bits per heavy atom. The molecule has 1 atom stereocenters. The summed E-state index contributed by atoms with van der Waals surface area (Å²) in [5, 5.41) is 11.4. The van der Waals surface area contributed by atoms with Crippen molar-refractivity contribution < 1.29 is 9.90 Å². The molecule has 2 heteroatoms. The minimum Gasteiger partial charge on any atom is -0.377 e. The SMILES string of the molecule is Cc1ccccc1CC(O)(C(=O)c1ccccc1)c1ccccc1. The molecular weight excluding hydrogens is 296 g/mol. The van der Waals surface area contributed by atoms with Crippen LogP contribution in [0.5, 0.6) is 0 Å². The van der Waals surface area contributed by atoms with Crippen LogP contribution in [0, 0.1) is 6.92 Å². The molecule has 0 saturated carbocycles. The van der Waals surface area contributed by atoms with E-state index in [4.69, 9.17) is 0 Å². The fourth-order valence-electron chi connectivity index (χ4n) is 2.94. The van der Waals surface area contributed by atoms with E-state index in [1.807, 2.05) is 67.6 Å². The molecule has 0 aromatic heterocycles. The highest BCUT2D eigenvalue weighted by atomic mass is 16.3. The lowest BCUT2D eigenvalue weighted by Crippen LogP contribution is -2.38. The second kappa shape index (κ2) is 6.81. The lowest BCUT2D eigenvalue weighted by Gasteiger charge is -2.28. The van der Waals surface area contributed by atoms with Crippen molar-refractivity contribution in [3.63, 3.8) is 0 Å². The van der Waals surface area contributed by atoms with Crippen molar-refractivity contribution in [1.29, 1.82) is 0 Å². The van der Waals surface area contributed by atoms with Gasteiger partial charge in [0.05, 0.1) is 0 Å². The van der Waals surface area contributed by atoms with Crippen LogP contribution in [-0.2, 0) is 12.0 Å². The van der Waals surface area contributed by atoms with E-state index in [-0.39, 0.29) is 12.2 Å². The molecular formula is C22H20O2. The van der Waals surface area contributed by atoms with Crippen molar-refractivity contribution in [2.24, 2.45) is 0 Å². The number of rotatable bonds is 5. The van der Waals surface area contributed by atoms with Gasteiger partial charge in [0, 0.05) is 12.0 Å². The first-order valence-electron chi connectivity index (χ1n) is 8.03. The van der Waals surface area contributed by atoms with Gasteiger partial charge in [-0.2, -0.15) is 0 Å². The number of benzene rings is 3. The van der Waals surface area contributed by atoms with Crippen LogP contribution in [0.15, 0.2) is 84.9 Å². The fraction of sp³-hybridized carbons (Fsp3) is 0.136. The Morgan fingerprint density at radius 3 is 2.00 bits per heavy atom. The quantitative estimate of drug-likeness (QED) is 0.712. The van der Waals surface area contributed by atoms with E-state index in [1.54, 1.807) is 24.3 Å². The first kappa shape index (κ1) is 16.2. The molecule has 0 aliphatic carbocycles. The standard InChI is InChI=1S/C22H20O2/c1-17-10-8-9-13-19(17)16-22(24,20-14-6-3-7-15-20)21(23)18-11-4-2-5-12-18/h2-15,24H,16H2,1H3. The van der Waals surface area contributed by atoms with Crippen LogP contribution >= 0.6 is 0 Å². The van der Waals surface area contributed by atoms with Crippen molar-refractivity contribution in [2.75, 3.05) is 0 Å². The summed E-state index contributed by atoms with van der Waals surface area (Å²) < 4.78 is 0. The van der Waals surface area contributed by atoms with Crippen molar-refractivity contribution >= 4 is 5.78 Å². The zero-order valence-corrected chi connectivity index (χ0v) is 13.6. The number of hydrogen-bond donors (Lipinski definition) is 1. The van der Waals surface area contributed by atoms with Gasteiger partial charge < -0.3 is 5.11 Å². The molecule has 0 radical (unpaired) electrons. The largest absolute Gasteiger partial charge is 0.377 e. The summed E-state index contributed by atoms with van der Waals surface area (Å²) in [6.07, 6.45) is 0.247. The molecule has 2 nitrogen and oxygen atoms in total. The molecule has 1 N–H and O–H groups in total. The smallest absolute Gasteiger partial charge is 0.199 e. The molecule has 0 amide bonds. The number of carbonyl (C=O) groups excluding carboxylic acids is 1. The highest BCUT2D eigenvalue weighted by Crippen LogP contribution is 2.31. The maximum Gasteiger partial charge on any atom is 0.199 e. The van der Waals surface area contributed by atoms with Gasteiger partial charge in [0.25, 0.3) is 0 Å². The van der Waals surface area contributed by atoms with E-state index in [9.17, 15) is 9.90 Å². The van der Waals surface area contributed by atoms with E-state index in [1.165, 1.54) is 0 Å². The zero-order chi connectivity index (χ0) is 17.0. The third-order valence-electron chi connectivity index (χ3n) is 4.37. The van der Waals surface area contributed by atoms with Crippen LogP contribution in [0.2, 0.25) is 0 Å². The molecule has 0 heterocycles. The molecule has 0 saturated heterocycles. The molecule has 0 fully saturated rings. The van der Waals surface area contributed by atoms with Crippen LogP contribution in [0.3, 0.4) is 0 Å². The number of aryl methyl sites for hydroxylation is 1. The second-order valence-corrected chi connectivity index (χ2v) is 6.02. The third kappa shape index (κ3) is 3.15. The van der Waals surface area contributed by atoms with Gasteiger partial charge in [-0.15, -0.1) is 0 Å². The molecule has 0 aliphatic rings. The second-order valence-electron chi connectivity index (χ2n) is 6.02. The predicted molar refractivity (Wildman–Crippen MR) is 96.0 cm³/mol. The van der Waals surface area contributed by atoms with Gasteiger partial charge in [0.15, 0.2) is 11.4 Å². The monoisotopic (exact) mass is 316 g/mol. The Hall–Kier alpha value is -2.71. The first-order valence-corrected chi connectivity index (χ1v) is 8.03. The maximum absolute atomic E-state index is 13.1. The molecule has 0 bridgehead atoms. The molecule has 1 unspecified atom stereocenters.